The van der Waals surface area contributed by atoms with E-state index in [2.05, 4.69) is 25.2 Å². The topological polar surface area (TPSA) is 81.1 Å². The first-order chi connectivity index (χ1) is 21.4. The Bertz CT molecular complexity index is 1640. The van der Waals surface area contributed by atoms with Gasteiger partial charge in [-0.2, -0.15) is 31.3 Å². The SMILES string of the molecule is COc1cc(C)ccc1Oc1nc(Nc2ccc(N3CCOCC3)cc2)ncc1/N=C/c1cc(C(F)(F)F)cc(C(F)(F)F)c1. The van der Waals surface area contributed by atoms with Crippen LogP contribution in [0.4, 0.5) is 49.4 Å². The van der Waals surface area contributed by atoms with Gasteiger partial charge in [0, 0.05) is 30.7 Å². The number of alkyl halides is 6. The second-order valence-electron chi connectivity index (χ2n) is 10.0. The van der Waals surface area contributed by atoms with Gasteiger partial charge < -0.3 is 24.4 Å². The van der Waals surface area contributed by atoms with Crippen LogP contribution in [-0.4, -0.2) is 49.6 Å². The summed E-state index contributed by atoms with van der Waals surface area (Å²) in [6.07, 6.45) is -7.91. The fourth-order valence-electron chi connectivity index (χ4n) is 4.45. The van der Waals surface area contributed by atoms with Crippen LogP contribution in [0.2, 0.25) is 0 Å². The van der Waals surface area contributed by atoms with Gasteiger partial charge in [-0.05, 0) is 72.6 Å². The minimum atomic E-state index is -5.00. The van der Waals surface area contributed by atoms with Crippen molar-refractivity contribution in [1.29, 1.82) is 0 Å². The van der Waals surface area contributed by atoms with Crippen LogP contribution in [0.25, 0.3) is 0 Å². The number of rotatable bonds is 8. The van der Waals surface area contributed by atoms with E-state index in [-0.39, 0.29) is 29.3 Å². The van der Waals surface area contributed by atoms with Gasteiger partial charge in [0.15, 0.2) is 11.5 Å². The van der Waals surface area contributed by atoms with Crippen LogP contribution < -0.4 is 19.7 Å². The summed E-state index contributed by atoms with van der Waals surface area (Å²) in [6.45, 7) is 4.70. The standard InChI is InChI=1S/C31H27F6N5O3/c1-19-3-8-26(27(13-19)43-2)45-28-25(38-17-20-14-21(30(32,33)34)16-22(15-20)31(35,36)37)18-39-29(41-28)40-23-4-6-24(7-5-23)42-9-11-44-12-10-42/h3-8,13-18H,9-12H2,1-2H3,(H,39,40,41)/b38-17+. The number of ether oxygens (including phenoxy) is 3. The lowest BCUT2D eigenvalue weighted by molar-refractivity contribution is -0.143. The second kappa shape index (κ2) is 13.0. The minimum Gasteiger partial charge on any atom is -0.493 e. The van der Waals surface area contributed by atoms with Crippen molar-refractivity contribution >= 4 is 29.2 Å². The van der Waals surface area contributed by atoms with Crippen molar-refractivity contribution in [2.45, 2.75) is 19.3 Å². The average molecular weight is 632 g/mol. The Labute approximate surface area is 254 Å². The molecular formula is C31H27F6N5O3. The van der Waals surface area contributed by atoms with E-state index < -0.39 is 29.0 Å². The predicted molar refractivity (Wildman–Crippen MR) is 156 cm³/mol. The molecule has 0 unspecified atom stereocenters. The quantitative estimate of drug-likeness (QED) is 0.156. The first kappa shape index (κ1) is 31.6. The molecule has 0 saturated carbocycles. The van der Waals surface area contributed by atoms with Crippen LogP contribution in [0.1, 0.15) is 22.3 Å². The Morgan fingerprint density at radius 3 is 2.18 bits per heavy atom. The Kier molecular flexibility index (Phi) is 9.14. The van der Waals surface area contributed by atoms with Crippen molar-refractivity contribution < 1.29 is 40.6 Å². The number of halogens is 6. The lowest BCUT2D eigenvalue weighted by Crippen LogP contribution is -2.36. The van der Waals surface area contributed by atoms with Gasteiger partial charge in [0.25, 0.3) is 5.88 Å². The normalized spacial score (nSPS) is 14.1. The summed E-state index contributed by atoms with van der Waals surface area (Å²) in [7, 11) is 1.44. The molecule has 0 bridgehead atoms. The Morgan fingerprint density at radius 2 is 1.56 bits per heavy atom. The number of hydrogen-bond acceptors (Lipinski definition) is 8. The first-order valence-corrected chi connectivity index (χ1v) is 13.6. The van der Waals surface area contributed by atoms with Crippen molar-refractivity contribution in [2.75, 3.05) is 43.6 Å². The molecule has 0 atom stereocenters. The Hall–Kier alpha value is -4.85. The van der Waals surface area contributed by atoms with Crippen LogP contribution in [0.3, 0.4) is 0 Å². The van der Waals surface area contributed by atoms with E-state index in [9.17, 15) is 26.3 Å². The van der Waals surface area contributed by atoms with Gasteiger partial charge in [-0.25, -0.2) is 9.98 Å². The van der Waals surface area contributed by atoms with Crippen molar-refractivity contribution in [3.05, 3.63) is 89.1 Å². The van der Waals surface area contributed by atoms with Crippen LogP contribution in [-0.2, 0) is 17.1 Å². The van der Waals surface area contributed by atoms with E-state index in [0.29, 0.717) is 36.8 Å². The molecule has 4 aromatic rings. The monoisotopic (exact) mass is 631 g/mol. The minimum absolute atomic E-state index is 0.0482. The van der Waals surface area contributed by atoms with Crippen molar-refractivity contribution in [3.63, 3.8) is 0 Å². The first-order valence-electron chi connectivity index (χ1n) is 13.6. The van der Waals surface area contributed by atoms with Gasteiger partial charge in [-0.3, -0.25) is 0 Å². The zero-order valence-corrected chi connectivity index (χ0v) is 24.0. The molecular weight excluding hydrogens is 604 g/mol. The molecule has 0 spiro atoms. The Balaban J connectivity index is 1.48. The molecule has 236 valence electrons. The van der Waals surface area contributed by atoms with Gasteiger partial charge in [-0.15, -0.1) is 0 Å². The highest BCUT2D eigenvalue weighted by molar-refractivity contribution is 5.83. The highest BCUT2D eigenvalue weighted by atomic mass is 19.4. The predicted octanol–water partition coefficient (Wildman–Crippen LogP) is 7.95. The molecule has 5 rings (SSSR count). The molecule has 1 aliphatic heterocycles. The number of benzene rings is 3. The van der Waals surface area contributed by atoms with Crippen molar-refractivity contribution in [1.82, 2.24) is 9.97 Å². The number of hydrogen-bond donors (Lipinski definition) is 1. The molecule has 1 saturated heterocycles. The van der Waals surface area contributed by atoms with E-state index in [4.69, 9.17) is 14.2 Å². The van der Waals surface area contributed by atoms with Crippen molar-refractivity contribution in [2.24, 2.45) is 4.99 Å². The lowest BCUT2D eigenvalue weighted by Gasteiger charge is -2.28. The molecule has 1 aliphatic rings. The number of methoxy groups -OCH3 is 1. The number of aromatic nitrogens is 2. The molecule has 2 heterocycles. The zero-order chi connectivity index (χ0) is 32.2. The van der Waals surface area contributed by atoms with Crippen LogP contribution in [0.5, 0.6) is 17.4 Å². The molecule has 0 aliphatic carbocycles. The molecule has 0 radical (unpaired) electrons. The summed E-state index contributed by atoms with van der Waals surface area (Å²) >= 11 is 0. The fraction of sp³-hybridized carbons (Fsp3) is 0.258. The van der Waals surface area contributed by atoms with E-state index in [1.807, 2.05) is 31.2 Å². The summed E-state index contributed by atoms with van der Waals surface area (Å²) in [5.41, 5.74) is -0.854. The van der Waals surface area contributed by atoms with Gasteiger partial charge in [-0.1, -0.05) is 6.07 Å². The van der Waals surface area contributed by atoms with E-state index in [0.717, 1.165) is 30.6 Å². The maximum atomic E-state index is 13.4. The van der Waals surface area contributed by atoms with E-state index >= 15 is 0 Å². The second-order valence-corrected chi connectivity index (χ2v) is 10.0. The number of aryl methyl sites for hydroxylation is 1. The molecule has 1 N–H and O–H groups in total. The summed E-state index contributed by atoms with van der Waals surface area (Å²) < 4.78 is 97.0. The lowest BCUT2D eigenvalue weighted by atomic mass is 10.1. The maximum Gasteiger partial charge on any atom is 0.416 e. The van der Waals surface area contributed by atoms with Gasteiger partial charge in [0.1, 0.15) is 5.69 Å². The third-order valence-electron chi connectivity index (χ3n) is 6.72. The number of morpholine rings is 1. The molecule has 8 nitrogen and oxygen atoms in total. The third kappa shape index (κ3) is 8.01. The van der Waals surface area contributed by atoms with E-state index in [1.165, 1.54) is 13.3 Å². The highest BCUT2D eigenvalue weighted by Crippen LogP contribution is 2.38. The summed E-state index contributed by atoms with van der Waals surface area (Å²) in [5, 5.41) is 3.07. The summed E-state index contributed by atoms with van der Waals surface area (Å²) in [4.78, 5) is 14.9. The summed E-state index contributed by atoms with van der Waals surface area (Å²) in [5.74, 6) is 0.591. The maximum absolute atomic E-state index is 13.4. The average Bonchev–Trinajstić information content (AvgIpc) is 3.01. The van der Waals surface area contributed by atoms with Crippen LogP contribution in [0.15, 0.2) is 71.9 Å². The van der Waals surface area contributed by atoms with Gasteiger partial charge in [0.05, 0.1) is 37.6 Å². The molecule has 3 aromatic carbocycles. The highest BCUT2D eigenvalue weighted by Gasteiger charge is 2.36. The zero-order valence-electron chi connectivity index (χ0n) is 24.0. The van der Waals surface area contributed by atoms with Gasteiger partial charge in [0.2, 0.25) is 5.95 Å². The smallest absolute Gasteiger partial charge is 0.416 e. The number of nitrogens with one attached hydrogen (secondary N) is 1. The number of anilines is 3. The number of aliphatic imine (C=N–C) groups is 1. The van der Waals surface area contributed by atoms with Crippen LogP contribution >= 0.6 is 0 Å². The third-order valence-corrected chi connectivity index (χ3v) is 6.72. The molecule has 14 heteroatoms. The van der Waals surface area contributed by atoms with E-state index in [1.54, 1.807) is 18.2 Å². The van der Waals surface area contributed by atoms with Gasteiger partial charge >= 0.3 is 12.4 Å². The number of nitrogens with zero attached hydrogens (tertiary/aromatic N) is 4. The van der Waals surface area contributed by atoms with Crippen LogP contribution in [0, 0.1) is 6.92 Å². The molecule has 45 heavy (non-hydrogen) atoms. The molecule has 1 aromatic heterocycles. The fourth-order valence-corrected chi connectivity index (χ4v) is 4.45. The van der Waals surface area contributed by atoms with Crippen molar-refractivity contribution in [3.8, 4) is 17.4 Å². The summed E-state index contributed by atoms with van der Waals surface area (Å²) in [6, 6.07) is 13.9. The Morgan fingerprint density at radius 1 is 0.889 bits per heavy atom. The molecule has 1 fully saturated rings. The largest absolute Gasteiger partial charge is 0.493 e. The molecule has 0 amide bonds.